The topological polar surface area (TPSA) is 61.4 Å². The van der Waals surface area contributed by atoms with Gasteiger partial charge in [0.1, 0.15) is 0 Å². The number of aliphatic hydroxyl groups excluding tert-OH is 1. The molecule has 1 heterocycles. The summed E-state index contributed by atoms with van der Waals surface area (Å²) in [5.41, 5.74) is 2.72. The molecule has 0 fully saturated rings. The van der Waals surface area contributed by atoms with E-state index in [0.29, 0.717) is 13.0 Å². The van der Waals surface area contributed by atoms with Crippen LogP contribution in [-0.4, -0.2) is 29.5 Å². The van der Waals surface area contributed by atoms with Crippen LogP contribution in [0.15, 0.2) is 18.2 Å². The van der Waals surface area contributed by atoms with E-state index in [9.17, 15) is 9.90 Å². The average Bonchev–Trinajstić information content (AvgIpc) is 2.35. The molecule has 0 aromatic heterocycles. The van der Waals surface area contributed by atoms with Crippen molar-refractivity contribution in [2.45, 2.75) is 31.8 Å². The molecule has 3 N–H and O–H groups in total. The highest BCUT2D eigenvalue weighted by Gasteiger charge is 2.31. The molecule has 1 aliphatic heterocycles. The molecule has 1 unspecified atom stereocenters. The molecule has 1 aliphatic rings. The van der Waals surface area contributed by atoms with Gasteiger partial charge in [0.2, 0.25) is 5.91 Å². The van der Waals surface area contributed by atoms with Crippen LogP contribution in [-0.2, 0) is 10.2 Å². The summed E-state index contributed by atoms with van der Waals surface area (Å²) < 4.78 is 0. The van der Waals surface area contributed by atoms with Gasteiger partial charge < -0.3 is 15.7 Å². The van der Waals surface area contributed by atoms with Crippen LogP contribution in [0, 0.1) is 0 Å². The van der Waals surface area contributed by atoms with Gasteiger partial charge in [0, 0.05) is 29.8 Å². The van der Waals surface area contributed by atoms with E-state index in [2.05, 4.69) is 24.5 Å². The van der Waals surface area contributed by atoms with E-state index >= 15 is 0 Å². The van der Waals surface area contributed by atoms with E-state index < -0.39 is 6.10 Å². The number of carbonyl (C=O) groups is 1. The second kappa shape index (κ2) is 5.39. The SMILES string of the molecule is CC1(C)CC(=O)Nc2ccc(NCC(O)CCl)cc21. The number of fused-ring (bicyclic) bond motifs is 1. The summed E-state index contributed by atoms with van der Waals surface area (Å²) >= 11 is 5.56. The summed E-state index contributed by atoms with van der Waals surface area (Å²) in [5, 5.41) is 15.5. The van der Waals surface area contributed by atoms with E-state index in [1.807, 2.05) is 18.2 Å². The highest BCUT2D eigenvalue weighted by atomic mass is 35.5. The molecule has 1 aromatic carbocycles. The Balaban J connectivity index is 2.21. The number of carbonyl (C=O) groups excluding carboxylic acids is 1. The van der Waals surface area contributed by atoms with Gasteiger partial charge in [-0.2, -0.15) is 0 Å². The van der Waals surface area contributed by atoms with Crippen LogP contribution in [0.4, 0.5) is 11.4 Å². The van der Waals surface area contributed by atoms with E-state index in [1.54, 1.807) is 0 Å². The van der Waals surface area contributed by atoms with Crippen LogP contribution in [0.2, 0.25) is 0 Å². The number of nitrogens with one attached hydrogen (secondary N) is 2. The van der Waals surface area contributed by atoms with Crippen molar-refractivity contribution in [1.29, 1.82) is 0 Å². The fourth-order valence-corrected chi connectivity index (χ4v) is 2.41. The maximum absolute atomic E-state index is 11.6. The Morgan fingerprint density at radius 3 is 2.95 bits per heavy atom. The summed E-state index contributed by atoms with van der Waals surface area (Å²) in [6.07, 6.45) is -0.0845. The molecule has 0 radical (unpaired) electrons. The number of benzene rings is 1. The zero-order valence-corrected chi connectivity index (χ0v) is 11.9. The molecule has 0 bridgehead atoms. The molecule has 1 amide bonds. The molecule has 104 valence electrons. The Morgan fingerprint density at radius 2 is 2.26 bits per heavy atom. The fraction of sp³-hybridized carbons (Fsp3) is 0.500. The molecule has 0 saturated carbocycles. The van der Waals surface area contributed by atoms with Crippen molar-refractivity contribution < 1.29 is 9.90 Å². The standard InChI is InChI=1S/C14H19ClN2O2/c1-14(2)6-13(19)17-12-4-3-9(5-11(12)14)16-8-10(18)7-15/h3-5,10,16,18H,6-8H2,1-2H3,(H,17,19). The van der Waals surface area contributed by atoms with Crippen LogP contribution in [0.25, 0.3) is 0 Å². The molecule has 0 saturated heterocycles. The summed E-state index contributed by atoms with van der Waals surface area (Å²) in [6, 6.07) is 5.81. The van der Waals surface area contributed by atoms with Crippen molar-refractivity contribution in [2.75, 3.05) is 23.1 Å². The van der Waals surface area contributed by atoms with E-state index in [0.717, 1.165) is 16.9 Å². The number of halogens is 1. The van der Waals surface area contributed by atoms with Crippen molar-refractivity contribution in [1.82, 2.24) is 0 Å². The highest BCUT2D eigenvalue weighted by molar-refractivity contribution is 6.18. The zero-order valence-electron chi connectivity index (χ0n) is 11.2. The molecule has 4 nitrogen and oxygen atoms in total. The van der Waals surface area contributed by atoms with E-state index in [-0.39, 0.29) is 17.2 Å². The first kappa shape index (κ1) is 14.2. The first-order valence-electron chi connectivity index (χ1n) is 6.34. The molecule has 1 atom stereocenters. The number of amides is 1. The third-order valence-corrected chi connectivity index (χ3v) is 3.70. The second-order valence-electron chi connectivity index (χ2n) is 5.56. The van der Waals surface area contributed by atoms with Crippen molar-refractivity contribution in [3.05, 3.63) is 23.8 Å². The lowest BCUT2D eigenvalue weighted by molar-refractivity contribution is -0.117. The lowest BCUT2D eigenvalue weighted by atomic mass is 9.78. The smallest absolute Gasteiger partial charge is 0.225 e. The van der Waals surface area contributed by atoms with Gasteiger partial charge in [-0.3, -0.25) is 4.79 Å². The van der Waals surface area contributed by atoms with Crippen LogP contribution in [0.5, 0.6) is 0 Å². The highest BCUT2D eigenvalue weighted by Crippen LogP contribution is 2.38. The van der Waals surface area contributed by atoms with Gasteiger partial charge in [-0.1, -0.05) is 13.8 Å². The Hall–Kier alpha value is -1.26. The molecule has 0 spiro atoms. The number of aliphatic hydroxyl groups is 1. The Labute approximate surface area is 118 Å². The predicted octanol–water partition coefficient (Wildman–Crippen LogP) is 2.32. The molecular weight excluding hydrogens is 264 g/mol. The fourth-order valence-electron chi connectivity index (χ4n) is 2.30. The van der Waals surface area contributed by atoms with E-state index in [1.165, 1.54) is 0 Å². The van der Waals surface area contributed by atoms with Crippen molar-refractivity contribution >= 4 is 28.9 Å². The largest absolute Gasteiger partial charge is 0.390 e. The van der Waals surface area contributed by atoms with Crippen molar-refractivity contribution in [3.63, 3.8) is 0 Å². The van der Waals surface area contributed by atoms with Crippen LogP contribution < -0.4 is 10.6 Å². The third-order valence-electron chi connectivity index (χ3n) is 3.35. The van der Waals surface area contributed by atoms with Crippen molar-refractivity contribution in [3.8, 4) is 0 Å². The minimum absolute atomic E-state index is 0.0516. The number of alkyl halides is 1. The minimum Gasteiger partial charge on any atom is -0.390 e. The lowest BCUT2D eigenvalue weighted by Gasteiger charge is -2.32. The number of hydrogen-bond acceptors (Lipinski definition) is 3. The third kappa shape index (κ3) is 3.19. The van der Waals surface area contributed by atoms with Gasteiger partial charge in [-0.25, -0.2) is 0 Å². The maximum Gasteiger partial charge on any atom is 0.225 e. The average molecular weight is 283 g/mol. The van der Waals surface area contributed by atoms with Crippen molar-refractivity contribution in [2.24, 2.45) is 0 Å². The Bertz CT molecular complexity index is 488. The summed E-state index contributed by atoms with van der Waals surface area (Å²) in [6.45, 7) is 4.53. The Kier molecular flexibility index (Phi) is 4.02. The van der Waals surface area contributed by atoms with Crippen LogP contribution in [0.3, 0.4) is 0 Å². The number of anilines is 2. The molecule has 1 aromatic rings. The summed E-state index contributed by atoms with van der Waals surface area (Å²) in [5.74, 6) is 0.259. The van der Waals surface area contributed by atoms with Gasteiger partial charge in [-0.15, -0.1) is 11.6 Å². The molecule has 19 heavy (non-hydrogen) atoms. The lowest BCUT2D eigenvalue weighted by Crippen LogP contribution is -2.32. The first-order chi connectivity index (χ1) is 8.92. The van der Waals surface area contributed by atoms with E-state index in [4.69, 9.17) is 11.6 Å². The minimum atomic E-state index is -0.564. The molecule has 5 heteroatoms. The van der Waals surface area contributed by atoms with Gasteiger partial charge in [0.15, 0.2) is 0 Å². The van der Waals surface area contributed by atoms with Crippen LogP contribution in [0.1, 0.15) is 25.8 Å². The van der Waals surface area contributed by atoms with Gasteiger partial charge in [0.05, 0.1) is 12.0 Å². The maximum atomic E-state index is 11.6. The monoisotopic (exact) mass is 282 g/mol. The summed E-state index contributed by atoms with van der Waals surface area (Å²) in [7, 11) is 0. The quantitative estimate of drug-likeness (QED) is 0.743. The van der Waals surface area contributed by atoms with Crippen LogP contribution >= 0.6 is 11.6 Å². The molecule has 0 aliphatic carbocycles. The summed E-state index contributed by atoms with van der Waals surface area (Å²) in [4.78, 5) is 11.6. The van der Waals surface area contributed by atoms with Gasteiger partial charge >= 0.3 is 0 Å². The second-order valence-corrected chi connectivity index (χ2v) is 5.87. The molecule has 2 rings (SSSR count). The first-order valence-corrected chi connectivity index (χ1v) is 6.88. The Morgan fingerprint density at radius 1 is 1.53 bits per heavy atom. The van der Waals surface area contributed by atoms with Gasteiger partial charge in [0.25, 0.3) is 0 Å². The molecular formula is C14H19ClN2O2. The number of rotatable bonds is 4. The normalized spacial score (nSPS) is 18.4. The number of hydrogen-bond donors (Lipinski definition) is 3. The zero-order chi connectivity index (χ0) is 14.0. The van der Waals surface area contributed by atoms with Gasteiger partial charge in [-0.05, 0) is 23.8 Å². The predicted molar refractivity (Wildman–Crippen MR) is 77.9 cm³/mol.